The molecule has 0 atom stereocenters. The molecule has 0 bridgehead atoms. The van der Waals surface area contributed by atoms with Crippen LogP contribution in [-0.4, -0.2) is 32.1 Å². The molecule has 5 heteroatoms. The monoisotopic (exact) mass is 287 g/mol. The number of hydrogen-bond donors (Lipinski definition) is 1. The zero-order chi connectivity index (χ0) is 15.2. The van der Waals surface area contributed by atoms with E-state index in [-0.39, 0.29) is 5.78 Å². The van der Waals surface area contributed by atoms with Crippen molar-refractivity contribution in [2.24, 2.45) is 0 Å². The maximum absolute atomic E-state index is 11.9. The first kappa shape index (κ1) is 14.7. The average molecular weight is 287 g/mol. The van der Waals surface area contributed by atoms with Crippen LogP contribution in [-0.2, 0) is 0 Å². The van der Waals surface area contributed by atoms with Crippen LogP contribution in [0.25, 0.3) is 6.08 Å². The number of methoxy groups -OCH3 is 3. The molecule has 0 amide bonds. The lowest BCUT2D eigenvalue weighted by Gasteiger charge is -2.12. The lowest BCUT2D eigenvalue weighted by Crippen LogP contribution is -1.96. The Morgan fingerprint density at radius 3 is 2.29 bits per heavy atom. The van der Waals surface area contributed by atoms with E-state index in [1.165, 1.54) is 6.08 Å². The fourth-order valence-electron chi connectivity index (χ4n) is 1.92. The number of ketones is 1. The Labute approximate surface area is 123 Å². The molecule has 0 saturated carbocycles. The number of allylic oxidation sites excluding steroid dienone is 1. The highest BCUT2D eigenvalue weighted by molar-refractivity contribution is 6.05. The van der Waals surface area contributed by atoms with E-state index >= 15 is 0 Å². The Balaban J connectivity index is 2.32. The molecule has 0 aliphatic carbocycles. The van der Waals surface area contributed by atoms with Crippen LogP contribution in [0, 0.1) is 0 Å². The third-order valence-electron chi connectivity index (χ3n) is 3.01. The summed E-state index contributed by atoms with van der Waals surface area (Å²) in [5.74, 6) is 1.63. The van der Waals surface area contributed by atoms with E-state index in [1.807, 2.05) is 0 Å². The minimum absolute atomic E-state index is 0.114. The van der Waals surface area contributed by atoms with Gasteiger partial charge in [-0.25, -0.2) is 0 Å². The van der Waals surface area contributed by atoms with Crippen LogP contribution in [0.5, 0.6) is 17.2 Å². The minimum Gasteiger partial charge on any atom is -0.496 e. The fourth-order valence-corrected chi connectivity index (χ4v) is 1.92. The van der Waals surface area contributed by atoms with Gasteiger partial charge in [0.15, 0.2) is 11.5 Å². The third kappa shape index (κ3) is 3.25. The number of ether oxygens (including phenoxy) is 3. The maximum atomic E-state index is 11.9. The number of carbonyl (C=O) groups is 1. The Kier molecular flexibility index (Phi) is 4.66. The summed E-state index contributed by atoms with van der Waals surface area (Å²) in [6, 6.07) is 6.98. The number of nitrogens with one attached hydrogen (secondary N) is 1. The van der Waals surface area contributed by atoms with Crippen molar-refractivity contribution in [3.63, 3.8) is 0 Å². The number of carbonyl (C=O) groups excluding carboxylic acids is 1. The van der Waals surface area contributed by atoms with Crippen molar-refractivity contribution in [1.29, 1.82) is 0 Å². The first-order valence-electron chi connectivity index (χ1n) is 6.35. The van der Waals surface area contributed by atoms with Gasteiger partial charge in [0.1, 0.15) is 5.75 Å². The van der Waals surface area contributed by atoms with Gasteiger partial charge in [0.05, 0.1) is 27.0 Å². The number of aromatic nitrogens is 1. The van der Waals surface area contributed by atoms with Crippen LogP contribution in [0.15, 0.2) is 36.5 Å². The van der Waals surface area contributed by atoms with Gasteiger partial charge in [-0.1, -0.05) is 0 Å². The lowest BCUT2D eigenvalue weighted by molar-refractivity contribution is 0.104. The fraction of sp³-hybridized carbons (Fsp3) is 0.188. The molecule has 1 heterocycles. The van der Waals surface area contributed by atoms with E-state index in [9.17, 15) is 4.79 Å². The average Bonchev–Trinajstić information content (AvgIpc) is 3.06. The van der Waals surface area contributed by atoms with Gasteiger partial charge in [-0.3, -0.25) is 4.79 Å². The van der Waals surface area contributed by atoms with Crippen molar-refractivity contribution in [1.82, 2.24) is 4.98 Å². The van der Waals surface area contributed by atoms with Gasteiger partial charge in [-0.15, -0.1) is 0 Å². The van der Waals surface area contributed by atoms with E-state index < -0.39 is 0 Å². The first-order chi connectivity index (χ1) is 10.2. The van der Waals surface area contributed by atoms with Crippen molar-refractivity contribution in [3.8, 4) is 17.2 Å². The molecule has 21 heavy (non-hydrogen) atoms. The van der Waals surface area contributed by atoms with E-state index in [4.69, 9.17) is 14.2 Å². The van der Waals surface area contributed by atoms with E-state index in [1.54, 1.807) is 57.9 Å². The summed E-state index contributed by atoms with van der Waals surface area (Å²) in [6.45, 7) is 0. The SMILES string of the molecule is COc1cc(OC)c(OC)cc1/C=C\C(=O)c1ccc[nH]1. The highest BCUT2D eigenvalue weighted by atomic mass is 16.5. The van der Waals surface area contributed by atoms with Gasteiger partial charge >= 0.3 is 0 Å². The van der Waals surface area contributed by atoms with Crippen LogP contribution in [0.1, 0.15) is 16.1 Å². The summed E-state index contributed by atoms with van der Waals surface area (Å²) < 4.78 is 15.8. The predicted molar refractivity (Wildman–Crippen MR) is 80.3 cm³/mol. The van der Waals surface area contributed by atoms with E-state index in [0.717, 1.165) is 5.56 Å². The Morgan fingerprint density at radius 1 is 1.05 bits per heavy atom. The maximum Gasteiger partial charge on any atom is 0.201 e. The van der Waals surface area contributed by atoms with Crippen molar-refractivity contribution in [3.05, 3.63) is 47.8 Å². The van der Waals surface area contributed by atoms with Gasteiger partial charge < -0.3 is 19.2 Å². The van der Waals surface area contributed by atoms with E-state index in [0.29, 0.717) is 22.9 Å². The molecule has 1 aromatic carbocycles. The van der Waals surface area contributed by atoms with Crippen LogP contribution in [0.3, 0.4) is 0 Å². The summed E-state index contributed by atoms with van der Waals surface area (Å²) >= 11 is 0. The van der Waals surface area contributed by atoms with Crippen molar-refractivity contribution in [2.75, 3.05) is 21.3 Å². The molecule has 1 aromatic heterocycles. The van der Waals surface area contributed by atoms with Crippen molar-refractivity contribution in [2.45, 2.75) is 0 Å². The first-order valence-corrected chi connectivity index (χ1v) is 6.35. The normalized spacial score (nSPS) is 10.6. The molecule has 2 aromatic rings. The second-order valence-electron chi connectivity index (χ2n) is 4.23. The van der Waals surface area contributed by atoms with Crippen LogP contribution in [0.2, 0.25) is 0 Å². The third-order valence-corrected chi connectivity index (χ3v) is 3.01. The lowest BCUT2D eigenvalue weighted by atomic mass is 10.1. The molecule has 5 nitrogen and oxygen atoms in total. The molecule has 0 aliphatic rings. The van der Waals surface area contributed by atoms with Gasteiger partial charge in [-0.2, -0.15) is 0 Å². The minimum atomic E-state index is -0.114. The van der Waals surface area contributed by atoms with Gasteiger partial charge in [-0.05, 0) is 30.4 Å². The van der Waals surface area contributed by atoms with Gasteiger partial charge in [0, 0.05) is 17.8 Å². The summed E-state index contributed by atoms with van der Waals surface area (Å²) in [7, 11) is 4.68. The van der Waals surface area contributed by atoms with Crippen molar-refractivity contribution < 1.29 is 19.0 Å². The summed E-state index contributed by atoms with van der Waals surface area (Å²) in [5, 5.41) is 0. The second kappa shape index (κ2) is 6.65. The van der Waals surface area contributed by atoms with Gasteiger partial charge in [0.25, 0.3) is 0 Å². The second-order valence-corrected chi connectivity index (χ2v) is 4.23. The summed E-state index contributed by atoms with van der Waals surface area (Å²) in [6.07, 6.45) is 4.87. The summed E-state index contributed by atoms with van der Waals surface area (Å²) in [5.41, 5.74) is 1.26. The number of aromatic amines is 1. The number of rotatable bonds is 6. The van der Waals surface area contributed by atoms with Crippen LogP contribution < -0.4 is 14.2 Å². The molecule has 110 valence electrons. The quantitative estimate of drug-likeness (QED) is 0.655. The van der Waals surface area contributed by atoms with Crippen LogP contribution in [0.4, 0.5) is 0 Å². The molecule has 0 saturated heterocycles. The largest absolute Gasteiger partial charge is 0.496 e. The van der Waals surface area contributed by atoms with Gasteiger partial charge in [0.2, 0.25) is 5.78 Å². The molecule has 0 unspecified atom stereocenters. The number of H-pyrrole nitrogens is 1. The predicted octanol–water partition coefficient (Wildman–Crippen LogP) is 2.94. The molecule has 0 fully saturated rings. The molecule has 0 spiro atoms. The number of benzene rings is 1. The highest BCUT2D eigenvalue weighted by Gasteiger charge is 2.10. The topological polar surface area (TPSA) is 60.6 Å². The number of hydrogen-bond acceptors (Lipinski definition) is 4. The summed E-state index contributed by atoms with van der Waals surface area (Å²) in [4.78, 5) is 14.8. The highest BCUT2D eigenvalue weighted by Crippen LogP contribution is 2.35. The standard InChI is InChI=1S/C16H17NO4/c1-19-14-10-16(21-3)15(20-2)9-11(14)6-7-13(18)12-5-4-8-17-12/h4-10,17H,1-3H3/b7-6-. The molecule has 2 rings (SSSR count). The zero-order valence-corrected chi connectivity index (χ0v) is 12.2. The molecule has 1 N–H and O–H groups in total. The Hall–Kier alpha value is -2.69. The molecule has 0 radical (unpaired) electrons. The molecular weight excluding hydrogens is 270 g/mol. The zero-order valence-electron chi connectivity index (χ0n) is 12.2. The van der Waals surface area contributed by atoms with Crippen LogP contribution >= 0.6 is 0 Å². The Bertz CT molecular complexity index is 645. The van der Waals surface area contributed by atoms with Crippen molar-refractivity contribution >= 4 is 11.9 Å². The molecular formula is C16H17NO4. The Morgan fingerprint density at radius 2 is 1.71 bits per heavy atom. The van der Waals surface area contributed by atoms with E-state index in [2.05, 4.69) is 4.98 Å². The smallest absolute Gasteiger partial charge is 0.201 e. The molecule has 0 aliphatic heterocycles.